The molecule has 0 saturated heterocycles. The van der Waals surface area contributed by atoms with Crippen molar-refractivity contribution in [1.29, 1.82) is 0 Å². The number of carbonyl (C=O) groups is 1. The van der Waals surface area contributed by atoms with Crippen molar-refractivity contribution in [1.82, 2.24) is 0 Å². The average Bonchev–Trinajstić information content (AvgIpc) is 3.05. The number of allylic oxidation sites excluding steroid dienone is 2. The van der Waals surface area contributed by atoms with Gasteiger partial charge in [0.1, 0.15) is 5.75 Å². The molecule has 0 heterocycles. The fourth-order valence-corrected chi connectivity index (χ4v) is 3.96. The quantitative estimate of drug-likeness (QED) is 0.876. The van der Waals surface area contributed by atoms with E-state index in [0.717, 1.165) is 24.0 Å². The van der Waals surface area contributed by atoms with Gasteiger partial charge in [-0.15, -0.1) is 0 Å². The molecule has 3 aliphatic rings. The van der Waals surface area contributed by atoms with E-state index in [2.05, 4.69) is 0 Å². The Morgan fingerprint density at radius 2 is 1.58 bits per heavy atom. The van der Waals surface area contributed by atoms with Crippen LogP contribution in [0.2, 0.25) is 0 Å². The molecule has 0 amide bonds. The third-order valence-corrected chi connectivity index (χ3v) is 4.94. The minimum atomic E-state index is 0.263. The van der Waals surface area contributed by atoms with Gasteiger partial charge in [-0.25, -0.2) is 0 Å². The summed E-state index contributed by atoms with van der Waals surface area (Å²) in [4.78, 5) is 12.6. The van der Waals surface area contributed by atoms with Gasteiger partial charge < -0.3 is 5.11 Å². The number of rotatable bonds is 2. The van der Waals surface area contributed by atoms with Gasteiger partial charge in [0.15, 0.2) is 5.78 Å². The summed E-state index contributed by atoms with van der Waals surface area (Å²) in [5, 5.41) is 9.44. The SMILES string of the molecule is O=C1C(C2CC2)=C(c2ccc(O)cc2)C2CCCC12. The van der Waals surface area contributed by atoms with E-state index in [1.54, 1.807) is 12.1 Å². The average molecular weight is 254 g/mol. The first-order valence-corrected chi connectivity index (χ1v) is 7.33. The van der Waals surface area contributed by atoms with Gasteiger partial charge in [-0.2, -0.15) is 0 Å². The molecule has 0 aromatic heterocycles. The molecule has 2 atom stereocenters. The van der Waals surface area contributed by atoms with Crippen molar-refractivity contribution in [3.63, 3.8) is 0 Å². The Labute approximate surface area is 113 Å². The summed E-state index contributed by atoms with van der Waals surface area (Å²) in [5.41, 5.74) is 3.61. The largest absolute Gasteiger partial charge is 0.508 e. The van der Waals surface area contributed by atoms with Crippen molar-refractivity contribution in [2.24, 2.45) is 17.8 Å². The highest BCUT2D eigenvalue weighted by molar-refractivity contribution is 6.10. The molecule has 2 unspecified atom stereocenters. The zero-order chi connectivity index (χ0) is 13.0. The van der Waals surface area contributed by atoms with Crippen LogP contribution in [0.15, 0.2) is 29.8 Å². The van der Waals surface area contributed by atoms with Gasteiger partial charge in [-0.05, 0) is 60.8 Å². The maximum Gasteiger partial charge on any atom is 0.163 e. The summed E-state index contributed by atoms with van der Waals surface area (Å²) in [6.07, 6.45) is 5.77. The summed E-state index contributed by atoms with van der Waals surface area (Å²) >= 11 is 0. The number of fused-ring (bicyclic) bond motifs is 1. The zero-order valence-corrected chi connectivity index (χ0v) is 10.9. The third kappa shape index (κ3) is 1.66. The second-order valence-corrected chi connectivity index (χ2v) is 6.16. The molecule has 0 bridgehead atoms. The summed E-state index contributed by atoms with van der Waals surface area (Å²) in [6, 6.07) is 7.42. The molecule has 2 nitrogen and oxygen atoms in total. The minimum absolute atomic E-state index is 0.263. The molecule has 1 aromatic carbocycles. The smallest absolute Gasteiger partial charge is 0.163 e. The molecule has 2 saturated carbocycles. The van der Waals surface area contributed by atoms with Crippen molar-refractivity contribution >= 4 is 11.4 Å². The van der Waals surface area contributed by atoms with Crippen molar-refractivity contribution in [3.8, 4) is 5.75 Å². The van der Waals surface area contributed by atoms with E-state index in [4.69, 9.17) is 0 Å². The number of hydrogen-bond donors (Lipinski definition) is 1. The van der Waals surface area contributed by atoms with Gasteiger partial charge in [0.2, 0.25) is 0 Å². The van der Waals surface area contributed by atoms with Gasteiger partial charge >= 0.3 is 0 Å². The Morgan fingerprint density at radius 3 is 2.26 bits per heavy atom. The van der Waals surface area contributed by atoms with Crippen molar-refractivity contribution in [3.05, 3.63) is 35.4 Å². The fourth-order valence-electron chi connectivity index (χ4n) is 3.96. The Bertz CT molecular complexity index is 563. The van der Waals surface area contributed by atoms with Crippen LogP contribution in [0, 0.1) is 17.8 Å². The van der Waals surface area contributed by atoms with Gasteiger partial charge in [-0.3, -0.25) is 4.79 Å². The van der Waals surface area contributed by atoms with E-state index < -0.39 is 0 Å². The van der Waals surface area contributed by atoms with Gasteiger partial charge in [0, 0.05) is 11.5 Å². The second-order valence-electron chi connectivity index (χ2n) is 6.16. The molecule has 0 radical (unpaired) electrons. The number of ketones is 1. The number of phenols is 1. The predicted molar refractivity (Wildman–Crippen MR) is 73.6 cm³/mol. The summed E-state index contributed by atoms with van der Waals surface area (Å²) < 4.78 is 0. The molecule has 19 heavy (non-hydrogen) atoms. The summed E-state index contributed by atoms with van der Waals surface area (Å²) in [7, 11) is 0. The number of Topliss-reactive ketones (excluding diaryl/α,β-unsaturated/α-hetero) is 1. The number of aromatic hydroxyl groups is 1. The van der Waals surface area contributed by atoms with E-state index in [9.17, 15) is 9.90 Å². The molecule has 2 heteroatoms. The first kappa shape index (κ1) is 11.3. The molecule has 98 valence electrons. The molecule has 2 fully saturated rings. The highest BCUT2D eigenvalue weighted by atomic mass is 16.3. The van der Waals surface area contributed by atoms with E-state index in [0.29, 0.717) is 23.4 Å². The molecule has 0 spiro atoms. The van der Waals surface area contributed by atoms with Gasteiger partial charge in [-0.1, -0.05) is 18.6 Å². The fraction of sp³-hybridized carbons (Fsp3) is 0.471. The standard InChI is InChI=1S/C17H18O2/c18-12-8-6-10(7-9-12)15-13-2-1-3-14(13)17(19)16(15)11-4-5-11/h6-9,11,13-14,18H,1-5H2. The van der Waals surface area contributed by atoms with Crippen molar-refractivity contribution < 1.29 is 9.90 Å². The second kappa shape index (κ2) is 3.96. The van der Waals surface area contributed by atoms with Crippen LogP contribution in [0.5, 0.6) is 5.75 Å². The van der Waals surface area contributed by atoms with E-state index in [1.165, 1.54) is 24.8 Å². The maximum atomic E-state index is 12.6. The monoisotopic (exact) mass is 254 g/mol. The highest BCUT2D eigenvalue weighted by Crippen LogP contribution is 2.55. The van der Waals surface area contributed by atoms with Crippen LogP contribution in [-0.2, 0) is 4.79 Å². The first-order valence-electron chi connectivity index (χ1n) is 7.33. The molecule has 4 rings (SSSR count). The van der Waals surface area contributed by atoms with Gasteiger partial charge in [0.25, 0.3) is 0 Å². The predicted octanol–water partition coefficient (Wildman–Crippen LogP) is 3.55. The molecule has 3 aliphatic carbocycles. The highest BCUT2D eigenvalue weighted by Gasteiger charge is 2.48. The molecule has 1 aromatic rings. The molecular weight excluding hydrogens is 236 g/mol. The number of benzene rings is 1. The van der Waals surface area contributed by atoms with Crippen LogP contribution in [0.3, 0.4) is 0 Å². The van der Waals surface area contributed by atoms with E-state index >= 15 is 0 Å². The lowest BCUT2D eigenvalue weighted by molar-refractivity contribution is -0.119. The van der Waals surface area contributed by atoms with Crippen LogP contribution in [-0.4, -0.2) is 10.9 Å². The summed E-state index contributed by atoms with van der Waals surface area (Å²) in [6.45, 7) is 0. The number of phenolic OH excluding ortho intramolecular Hbond substituents is 1. The van der Waals surface area contributed by atoms with Crippen LogP contribution in [0.25, 0.3) is 5.57 Å². The topological polar surface area (TPSA) is 37.3 Å². The zero-order valence-electron chi connectivity index (χ0n) is 10.9. The Balaban J connectivity index is 1.84. The normalized spacial score (nSPS) is 30.0. The Morgan fingerprint density at radius 1 is 0.895 bits per heavy atom. The minimum Gasteiger partial charge on any atom is -0.508 e. The molecule has 0 aliphatic heterocycles. The Kier molecular flexibility index (Phi) is 2.35. The third-order valence-electron chi connectivity index (χ3n) is 4.94. The number of hydrogen-bond acceptors (Lipinski definition) is 2. The lowest BCUT2D eigenvalue weighted by atomic mass is 9.89. The van der Waals surface area contributed by atoms with Crippen LogP contribution in [0.1, 0.15) is 37.7 Å². The van der Waals surface area contributed by atoms with Gasteiger partial charge in [0.05, 0.1) is 0 Å². The lowest BCUT2D eigenvalue weighted by Gasteiger charge is -2.14. The van der Waals surface area contributed by atoms with E-state index in [1.807, 2.05) is 12.1 Å². The van der Waals surface area contributed by atoms with Crippen LogP contribution >= 0.6 is 0 Å². The van der Waals surface area contributed by atoms with Crippen molar-refractivity contribution in [2.45, 2.75) is 32.1 Å². The Hall–Kier alpha value is -1.57. The van der Waals surface area contributed by atoms with Crippen LogP contribution < -0.4 is 0 Å². The number of carbonyl (C=O) groups excluding carboxylic acids is 1. The first-order chi connectivity index (χ1) is 9.25. The van der Waals surface area contributed by atoms with Crippen molar-refractivity contribution in [2.75, 3.05) is 0 Å². The van der Waals surface area contributed by atoms with E-state index in [-0.39, 0.29) is 5.92 Å². The maximum absolute atomic E-state index is 12.6. The molecule has 1 N–H and O–H groups in total. The summed E-state index contributed by atoms with van der Waals surface area (Å²) in [5.74, 6) is 1.98. The van der Waals surface area contributed by atoms with Crippen LogP contribution in [0.4, 0.5) is 0 Å². The lowest BCUT2D eigenvalue weighted by Crippen LogP contribution is -2.12. The molecular formula is C17H18O2.